The molecule has 1 amide bonds. The van der Waals surface area contributed by atoms with Gasteiger partial charge in [-0.1, -0.05) is 18.9 Å². The Labute approximate surface area is 152 Å². The number of fused-ring (bicyclic) bond motifs is 1. The highest BCUT2D eigenvalue weighted by Crippen LogP contribution is 2.37. The molecule has 1 saturated heterocycles. The molecule has 1 N–H and O–H groups in total. The van der Waals surface area contributed by atoms with Crippen molar-refractivity contribution in [3.05, 3.63) is 17.7 Å². The van der Waals surface area contributed by atoms with E-state index < -0.39 is 0 Å². The average Bonchev–Trinajstić information content (AvgIpc) is 3.01. The molecule has 0 aromatic heterocycles. The standard InChI is InChI=1S/C18H24N2O4S/c1-3-25-20-6-4-5-13(10-20)7-18(22)19-15-9-17-16(23-11-24-17)8-14(15)12(2)21/h8-9,13H,3-7,10-11H2,1-2H3,(H,19,22). The summed E-state index contributed by atoms with van der Waals surface area (Å²) in [5.41, 5.74) is 0.946. The number of ether oxygens (including phenoxy) is 2. The molecule has 3 rings (SSSR count). The number of anilines is 1. The van der Waals surface area contributed by atoms with Crippen LogP contribution >= 0.6 is 11.9 Å². The fraction of sp³-hybridized carbons (Fsp3) is 0.556. The number of nitrogens with one attached hydrogen (secondary N) is 1. The third-order valence-electron chi connectivity index (χ3n) is 4.43. The van der Waals surface area contributed by atoms with Crippen LogP contribution in [0.4, 0.5) is 5.69 Å². The van der Waals surface area contributed by atoms with Crippen molar-refractivity contribution < 1.29 is 19.1 Å². The van der Waals surface area contributed by atoms with E-state index in [0.29, 0.717) is 35.1 Å². The molecule has 6 nitrogen and oxygen atoms in total. The Balaban J connectivity index is 1.65. The molecule has 2 heterocycles. The lowest BCUT2D eigenvalue weighted by Gasteiger charge is -2.31. The highest BCUT2D eigenvalue weighted by Gasteiger charge is 2.24. The van der Waals surface area contributed by atoms with Crippen LogP contribution in [0.5, 0.6) is 11.5 Å². The summed E-state index contributed by atoms with van der Waals surface area (Å²) < 4.78 is 13.0. The molecular formula is C18H24N2O4S. The molecule has 1 unspecified atom stereocenters. The highest BCUT2D eigenvalue weighted by atomic mass is 32.2. The van der Waals surface area contributed by atoms with Gasteiger partial charge in [-0.05, 0) is 31.7 Å². The van der Waals surface area contributed by atoms with E-state index in [1.807, 2.05) is 11.9 Å². The van der Waals surface area contributed by atoms with Crippen molar-refractivity contribution >= 4 is 29.3 Å². The fourth-order valence-corrected chi connectivity index (χ4v) is 4.23. The molecule has 136 valence electrons. The van der Waals surface area contributed by atoms with Gasteiger partial charge >= 0.3 is 0 Å². The fourth-order valence-electron chi connectivity index (χ4n) is 3.29. The molecule has 1 atom stereocenters. The summed E-state index contributed by atoms with van der Waals surface area (Å²) in [6, 6.07) is 3.32. The lowest BCUT2D eigenvalue weighted by molar-refractivity contribution is -0.117. The van der Waals surface area contributed by atoms with E-state index in [1.165, 1.54) is 6.92 Å². The topological polar surface area (TPSA) is 67.9 Å². The lowest BCUT2D eigenvalue weighted by atomic mass is 9.95. The van der Waals surface area contributed by atoms with Crippen LogP contribution in [-0.4, -0.2) is 41.6 Å². The Morgan fingerprint density at radius 2 is 2.08 bits per heavy atom. The summed E-state index contributed by atoms with van der Waals surface area (Å²) in [7, 11) is 0. The van der Waals surface area contributed by atoms with Crippen molar-refractivity contribution in [2.75, 3.05) is 31.0 Å². The van der Waals surface area contributed by atoms with E-state index in [-0.39, 0.29) is 18.5 Å². The molecule has 2 aliphatic rings. The lowest BCUT2D eigenvalue weighted by Crippen LogP contribution is -2.32. The van der Waals surface area contributed by atoms with Crippen LogP contribution in [0.1, 0.15) is 43.5 Å². The molecule has 1 aromatic rings. The van der Waals surface area contributed by atoms with Crippen LogP contribution in [0.2, 0.25) is 0 Å². The molecule has 0 aliphatic carbocycles. The molecule has 0 saturated carbocycles. The predicted octanol–water partition coefficient (Wildman–Crippen LogP) is 3.33. The summed E-state index contributed by atoms with van der Waals surface area (Å²) in [6.45, 7) is 5.79. The average molecular weight is 364 g/mol. The monoisotopic (exact) mass is 364 g/mol. The summed E-state index contributed by atoms with van der Waals surface area (Å²) >= 11 is 1.83. The quantitative estimate of drug-likeness (QED) is 0.617. The Hall–Kier alpha value is -1.73. The highest BCUT2D eigenvalue weighted by molar-refractivity contribution is 7.96. The number of ketones is 1. The first-order valence-corrected chi connectivity index (χ1v) is 9.63. The van der Waals surface area contributed by atoms with Gasteiger partial charge in [-0.15, -0.1) is 0 Å². The van der Waals surface area contributed by atoms with Gasteiger partial charge in [0, 0.05) is 36.9 Å². The minimum atomic E-state index is -0.114. The maximum Gasteiger partial charge on any atom is 0.231 e. The van der Waals surface area contributed by atoms with Gasteiger partial charge in [0.25, 0.3) is 0 Å². The van der Waals surface area contributed by atoms with Crippen molar-refractivity contribution in [2.24, 2.45) is 5.92 Å². The predicted molar refractivity (Wildman–Crippen MR) is 98.2 cm³/mol. The van der Waals surface area contributed by atoms with Crippen molar-refractivity contribution in [3.63, 3.8) is 0 Å². The van der Waals surface area contributed by atoms with Gasteiger partial charge in [0.05, 0.1) is 5.69 Å². The van der Waals surface area contributed by atoms with Gasteiger partial charge in [0.2, 0.25) is 12.7 Å². The molecule has 1 fully saturated rings. The maximum atomic E-state index is 12.5. The Morgan fingerprint density at radius 3 is 2.80 bits per heavy atom. The van der Waals surface area contributed by atoms with Gasteiger partial charge < -0.3 is 14.8 Å². The van der Waals surface area contributed by atoms with Gasteiger partial charge in [0.15, 0.2) is 17.3 Å². The van der Waals surface area contributed by atoms with Crippen molar-refractivity contribution in [1.29, 1.82) is 0 Å². The molecule has 0 spiro atoms. The van der Waals surface area contributed by atoms with E-state index in [4.69, 9.17) is 9.47 Å². The minimum absolute atomic E-state index is 0.0605. The van der Waals surface area contributed by atoms with E-state index in [2.05, 4.69) is 16.5 Å². The first kappa shape index (κ1) is 18.1. The number of benzene rings is 1. The second-order valence-electron chi connectivity index (χ2n) is 6.37. The normalized spacial score (nSPS) is 19.7. The first-order chi connectivity index (χ1) is 12.1. The van der Waals surface area contributed by atoms with E-state index in [0.717, 1.165) is 31.7 Å². The molecule has 0 radical (unpaired) electrons. The smallest absolute Gasteiger partial charge is 0.231 e. The second kappa shape index (κ2) is 8.10. The van der Waals surface area contributed by atoms with Gasteiger partial charge in [-0.3, -0.25) is 13.9 Å². The van der Waals surface area contributed by atoms with Crippen LogP contribution in [0.3, 0.4) is 0 Å². The summed E-state index contributed by atoms with van der Waals surface area (Å²) in [6.07, 6.45) is 2.65. The largest absolute Gasteiger partial charge is 0.454 e. The summed E-state index contributed by atoms with van der Waals surface area (Å²) in [4.78, 5) is 24.4. The Kier molecular flexibility index (Phi) is 5.86. The van der Waals surface area contributed by atoms with Gasteiger partial charge in [-0.2, -0.15) is 0 Å². The zero-order valence-electron chi connectivity index (χ0n) is 14.7. The van der Waals surface area contributed by atoms with Crippen molar-refractivity contribution in [3.8, 4) is 11.5 Å². The molecule has 1 aromatic carbocycles. The number of hydrogen-bond acceptors (Lipinski definition) is 6. The number of nitrogens with zero attached hydrogens (tertiary/aromatic N) is 1. The molecule has 2 aliphatic heterocycles. The first-order valence-electron chi connectivity index (χ1n) is 8.69. The number of carbonyl (C=O) groups is 2. The summed E-state index contributed by atoms with van der Waals surface area (Å²) in [5, 5.41) is 2.90. The van der Waals surface area contributed by atoms with Gasteiger partial charge in [0.1, 0.15) is 0 Å². The van der Waals surface area contributed by atoms with E-state index >= 15 is 0 Å². The van der Waals surface area contributed by atoms with Gasteiger partial charge in [-0.25, -0.2) is 0 Å². The van der Waals surface area contributed by atoms with Crippen LogP contribution < -0.4 is 14.8 Å². The molecule has 7 heteroatoms. The van der Waals surface area contributed by atoms with Crippen molar-refractivity contribution in [2.45, 2.75) is 33.1 Å². The Bertz CT molecular complexity index is 663. The van der Waals surface area contributed by atoms with E-state index in [9.17, 15) is 9.59 Å². The summed E-state index contributed by atoms with van der Waals surface area (Å²) in [5.74, 6) is 2.33. The zero-order chi connectivity index (χ0) is 17.8. The SMILES string of the molecule is CCSN1CCCC(CC(=O)Nc2cc3c(cc2C(C)=O)OCO3)C1. The second-order valence-corrected chi connectivity index (χ2v) is 7.73. The molecule has 0 bridgehead atoms. The van der Waals surface area contributed by atoms with Crippen molar-refractivity contribution in [1.82, 2.24) is 4.31 Å². The number of hydrogen-bond donors (Lipinski definition) is 1. The minimum Gasteiger partial charge on any atom is -0.454 e. The third kappa shape index (κ3) is 4.46. The van der Waals surface area contributed by atoms with Crippen LogP contribution in [-0.2, 0) is 4.79 Å². The molecular weight excluding hydrogens is 340 g/mol. The Morgan fingerprint density at radius 1 is 1.32 bits per heavy atom. The zero-order valence-corrected chi connectivity index (χ0v) is 15.5. The van der Waals surface area contributed by atoms with Crippen LogP contribution in [0, 0.1) is 5.92 Å². The number of carbonyl (C=O) groups excluding carboxylic acids is 2. The maximum absolute atomic E-state index is 12.5. The van der Waals surface area contributed by atoms with Crippen LogP contribution in [0.15, 0.2) is 12.1 Å². The van der Waals surface area contributed by atoms with E-state index in [1.54, 1.807) is 12.1 Å². The number of Topliss-reactive ketones (excluding diaryl/α,β-unsaturated/α-hetero) is 1. The third-order valence-corrected chi connectivity index (χ3v) is 5.39. The van der Waals surface area contributed by atoms with Crippen LogP contribution in [0.25, 0.3) is 0 Å². The number of piperidine rings is 1. The molecule has 25 heavy (non-hydrogen) atoms. The number of amides is 1. The number of rotatable bonds is 6.